The Morgan fingerprint density at radius 1 is 1.17 bits per heavy atom. The molecule has 1 aliphatic heterocycles. The van der Waals surface area contributed by atoms with Crippen molar-refractivity contribution in [1.29, 1.82) is 0 Å². The van der Waals surface area contributed by atoms with E-state index >= 15 is 0 Å². The molecule has 0 unspecified atom stereocenters. The minimum atomic E-state index is -0.469. The fraction of sp³-hybridized carbons (Fsp3) is 0.417. The first kappa shape index (κ1) is 21.3. The SMILES string of the molecule is CC(C)(C)C(=O)ON1CCC(c2nc(CSc3cccc4ccccc34)cs2)CC1. The summed E-state index contributed by atoms with van der Waals surface area (Å²) < 4.78 is 0. The third-order valence-corrected chi connectivity index (χ3v) is 7.49. The summed E-state index contributed by atoms with van der Waals surface area (Å²) in [6.45, 7) is 7.19. The first-order valence-electron chi connectivity index (χ1n) is 10.4. The van der Waals surface area contributed by atoms with Crippen LogP contribution in [0.2, 0.25) is 0 Å². The van der Waals surface area contributed by atoms with Gasteiger partial charge >= 0.3 is 5.97 Å². The molecule has 4 rings (SSSR count). The Bertz CT molecular complexity index is 1010. The molecular formula is C24H28N2O2S2. The molecule has 0 aliphatic carbocycles. The standard InChI is InChI=1S/C24H28N2O2S2/c1-24(2,3)23(27)28-26-13-11-18(12-14-26)22-25-19(16-30-22)15-29-21-10-6-8-17-7-4-5-9-20(17)21/h4-10,16,18H,11-15H2,1-3H3. The van der Waals surface area contributed by atoms with Crippen molar-refractivity contribution in [2.45, 2.75) is 50.2 Å². The van der Waals surface area contributed by atoms with Gasteiger partial charge in [-0.15, -0.1) is 28.2 Å². The summed E-state index contributed by atoms with van der Waals surface area (Å²) in [7, 11) is 0. The summed E-state index contributed by atoms with van der Waals surface area (Å²) in [6.07, 6.45) is 1.95. The lowest BCUT2D eigenvalue weighted by atomic mass is 9.97. The van der Waals surface area contributed by atoms with Crippen LogP contribution in [0.25, 0.3) is 10.8 Å². The molecule has 1 aromatic heterocycles. The number of thiazole rings is 1. The van der Waals surface area contributed by atoms with E-state index in [0.29, 0.717) is 5.92 Å². The van der Waals surface area contributed by atoms with Crippen LogP contribution in [0.15, 0.2) is 52.7 Å². The van der Waals surface area contributed by atoms with Crippen molar-refractivity contribution in [3.05, 3.63) is 58.5 Å². The summed E-state index contributed by atoms with van der Waals surface area (Å²) in [4.78, 5) is 23.9. The Balaban J connectivity index is 1.32. The maximum Gasteiger partial charge on any atom is 0.330 e. The monoisotopic (exact) mass is 440 g/mol. The van der Waals surface area contributed by atoms with Crippen molar-refractivity contribution in [3.63, 3.8) is 0 Å². The molecule has 6 heteroatoms. The first-order valence-corrected chi connectivity index (χ1v) is 12.3. The van der Waals surface area contributed by atoms with E-state index in [0.717, 1.165) is 37.4 Å². The van der Waals surface area contributed by atoms with Crippen molar-refractivity contribution in [2.24, 2.45) is 5.41 Å². The van der Waals surface area contributed by atoms with E-state index in [1.165, 1.54) is 20.7 Å². The third-order valence-electron chi connectivity index (χ3n) is 5.32. The predicted molar refractivity (Wildman–Crippen MR) is 125 cm³/mol. The molecule has 30 heavy (non-hydrogen) atoms. The predicted octanol–water partition coefficient (Wildman–Crippen LogP) is 6.27. The van der Waals surface area contributed by atoms with E-state index in [1.807, 2.05) is 37.6 Å². The van der Waals surface area contributed by atoms with Gasteiger partial charge in [0.2, 0.25) is 0 Å². The van der Waals surface area contributed by atoms with E-state index in [1.54, 1.807) is 11.3 Å². The van der Waals surface area contributed by atoms with Crippen LogP contribution in [0.5, 0.6) is 0 Å². The number of carbonyl (C=O) groups is 1. The molecule has 2 heterocycles. The van der Waals surface area contributed by atoms with Gasteiger partial charge in [-0.25, -0.2) is 9.78 Å². The zero-order chi connectivity index (χ0) is 21.1. The Hall–Kier alpha value is -1.89. The Morgan fingerprint density at radius 3 is 2.67 bits per heavy atom. The second-order valence-electron chi connectivity index (χ2n) is 8.78. The number of thioether (sulfide) groups is 1. The van der Waals surface area contributed by atoms with E-state index in [9.17, 15) is 4.79 Å². The Labute approximate surface area is 186 Å². The molecule has 158 valence electrons. The zero-order valence-electron chi connectivity index (χ0n) is 17.8. The number of carbonyl (C=O) groups excluding carboxylic acids is 1. The first-order chi connectivity index (χ1) is 14.4. The molecule has 0 N–H and O–H groups in total. The van der Waals surface area contributed by atoms with Crippen LogP contribution in [0.4, 0.5) is 0 Å². The average molecular weight is 441 g/mol. The Morgan fingerprint density at radius 2 is 1.90 bits per heavy atom. The van der Waals surface area contributed by atoms with Crippen molar-refractivity contribution < 1.29 is 9.63 Å². The molecule has 1 saturated heterocycles. The van der Waals surface area contributed by atoms with Crippen LogP contribution in [0, 0.1) is 5.41 Å². The second-order valence-corrected chi connectivity index (χ2v) is 10.7. The molecule has 0 amide bonds. The van der Waals surface area contributed by atoms with E-state index in [2.05, 4.69) is 47.8 Å². The van der Waals surface area contributed by atoms with Gasteiger partial charge in [-0.3, -0.25) is 0 Å². The highest BCUT2D eigenvalue weighted by Gasteiger charge is 2.29. The highest BCUT2D eigenvalue weighted by molar-refractivity contribution is 7.98. The number of hydrogen-bond acceptors (Lipinski definition) is 6. The number of benzene rings is 2. The largest absolute Gasteiger partial charge is 0.367 e. The van der Waals surface area contributed by atoms with Crippen molar-refractivity contribution in [3.8, 4) is 0 Å². The van der Waals surface area contributed by atoms with Gasteiger partial charge in [0.25, 0.3) is 0 Å². The molecular weight excluding hydrogens is 412 g/mol. The quantitative estimate of drug-likeness (QED) is 0.437. The number of rotatable bonds is 5. The van der Waals surface area contributed by atoms with Crippen LogP contribution < -0.4 is 0 Å². The number of fused-ring (bicyclic) bond motifs is 1. The molecule has 0 saturated carbocycles. The van der Waals surface area contributed by atoms with Gasteiger partial charge < -0.3 is 4.84 Å². The number of aromatic nitrogens is 1. The molecule has 3 aromatic rings. The molecule has 1 fully saturated rings. The van der Waals surface area contributed by atoms with E-state index < -0.39 is 5.41 Å². The van der Waals surface area contributed by atoms with Gasteiger partial charge in [0.15, 0.2) is 0 Å². The summed E-state index contributed by atoms with van der Waals surface area (Å²) in [5.41, 5.74) is 0.678. The molecule has 1 aliphatic rings. The summed E-state index contributed by atoms with van der Waals surface area (Å²) in [5.74, 6) is 1.17. The minimum Gasteiger partial charge on any atom is -0.367 e. The van der Waals surface area contributed by atoms with E-state index in [-0.39, 0.29) is 5.97 Å². The maximum atomic E-state index is 12.1. The lowest BCUT2D eigenvalue weighted by Crippen LogP contribution is -2.38. The molecule has 0 spiro atoms. The van der Waals surface area contributed by atoms with Crippen LogP contribution in [-0.4, -0.2) is 29.1 Å². The van der Waals surface area contributed by atoms with Crippen LogP contribution in [-0.2, 0) is 15.4 Å². The normalized spacial score (nSPS) is 16.1. The lowest BCUT2D eigenvalue weighted by molar-refractivity contribution is -0.204. The summed E-state index contributed by atoms with van der Waals surface area (Å²) >= 11 is 3.61. The molecule has 0 atom stereocenters. The number of nitrogens with zero attached hydrogens (tertiary/aromatic N) is 2. The highest BCUT2D eigenvalue weighted by Crippen LogP contribution is 2.34. The smallest absolute Gasteiger partial charge is 0.330 e. The summed E-state index contributed by atoms with van der Waals surface area (Å²) in [5, 5.41) is 7.80. The van der Waals surface area contributed by atoms with Crippen molar-refractivity contribution in [2.75, 3.05) is 13.1 Å². The molecule has 0 bridgehead atoms. The third kappa shape index (κ3) is 5.05. The van der Waals surface area contributed by atoms with E-state index in [4.69, 9.17) is 9.82 Å². The Kier molecular flexibility index (Phi) is 6.46. The number of hydroxylamine groups is 2. The van der Waals surface area contributed by atoms with Gasteiger partial charge in [-0.05, 0) is 50.5 Å². The minimum absolute atomic E-state index is 0.164. The number of piperidine rings is 1. The zero-order valence-corrected chi connectivity index (χ0v) is 19.4. The highest BCUT2D eigenvalue weighted by atomic mass is 32.2. The van der Waals surface area contributed by atoms with Gasteiger partial charge in [-0.1, -0.05) is 36.4 Å². The fourth-order valence-corrected chi connectivity index (χ4v) is 5.56. The number of hydrogen-bond donors (Lipinski definition) is 0. The lowest BCUT2D eigenvalue weighted by Gasteiger charge is -2.31. The van der Waals surface area contributed by atoms with Gasteiger partial charge in [-0.2, -0.15) is 0 Å². The average Bonchev–Trinajstić information content (AvgIpc) is 3.21. The van der Waals surface area contributed by atoms with Crippen molar-refractivity contribution >= 4 is 39.8 Å². The van der Waals surface area contributed by atoms with Gasteiger partial charge in [0.1, 0.15) is 0 Å². The topological polar surface area (TPSA) is 42.4 Å². The fourth-order valence-electron chi connectivity index (χ4n) is 3.50. The van der Waals surface area contributed by atoms with Gasteiger partial charge in [0.05, 0.1) is 16.1 Å². The van der Waals surface area contributed by atoms with Crippen LogP contribution in [0.3, 0.4) is 0 Å². The molecule has 4 nitrogen and oxygen atoms in total. The van der Waals surface area contributed by atoms with Crippen LogP contribution >= 0.6 is 23.1 Å². The molecule has 0 radical (unpaired) electrons. The second kappa shape index (κ2) is 9.08. The maximum absolute atomic E-state index is 12.1. The molecule has 2 aromatic carbocycles. The van der Waals surface area contributed by atoms with Gasteiger partial charge in [0, 0.05) is 35.0 Å². The summed E-state index contributed by atoms with van der Waals surface area (Å²) in [6, 6.07) is 15.0. The van der Waals surface area contributed by atoms with Crippen LogP contribution in [0.1, 0.15) is 50.2 Å². The van der Waals surface area contributed by atoms with Crippen molar-refractivity contribution in [1.82, 2.24) is 10.0 Å².